The Balaban J connectivity index is 2.36. The van der Waals surface area contributed by atoms with E-state index in [1.54, 1.807) is 18.4 Å². The highest BCUT2D eigenvalue weighted by atomic mass is 79.9. The van der Waals surface area contributed by atoms with Crippen molar-refractivity contribution in [2.75, 3.05) is 14.2 Å². The van der Waals surface area contributed by atoms with Crippen LogP contribution in [0.5, 0.6) is 5.75 Å². The van der Waals surface area contributed by atoms with Gasteiger partial charge in [-0.3, -0.25) is 0 Å². The molecule has 96 valence electrons. The lowest BCUT2D eigenvalue weighted by atomic mass is 10.0. The Kier molecular flexibility index (Phi) is 4.43. The molecule has 0 bridgehead atoms. The molecule has 0 aliphatic rings. The molecule has 0 amide bonds. The van der Waals surface area contributed by atoms with Crippen LogP contribution in [0, 0.1) is 6.92 Å². The van der Waals surface area contributed by atoms with Crippen LogP contribution in [0.15, 0.2) is 34.1 Å². The van der Waals surface area contributed by atoms with E-state index in [1.807, 2.05) is 13.1 Å². The maximum atomic E-state index is 5.26. The van der Waals surface area contributed by atoms with E-state index < -0.39 is 0 Å². The molecular formula is C14H16BrNOS. The number of aryl methyl sites for hydroxylation is 1. The van der Waals surface area contributed by atoms with Gasteiger partial charge in [-0.05, 0) is 64.6 Å². The monoisotopic (exact) mass is 325 g/mol. The van der Waals surface area contributed by atoms with Crippen LogP contribution in [0.4, 0.5) is 0 Å². The molecule has 2 nitrogen and oxygen atoms in total. The van der Waals surface area contributed by atoms with Crippen molar-refractivity contribution in [3.8, 4) is 5.75 Å². The average Bonchev–Trinajstić information content (AvgIpc) is 2.77. The highest BCUT2D eigenvalue weighted by molar-refractivity contribution is 9.10. The van der Waals surface area contributed by atoms with Gasteiger partial charge in [0.2, 0.25) is 0 Å². The fourth-order valence-corrected chi connectivity index (χ4v) is 3.29. The van der Waals surface area contributed by atoms with E-state index >= 15 is 0 Å². The smallest absolute Gasteiger partial charge is 0.133 e. The van der Waals surface area contributed by atoms with E-state index in [4.69, 9.17) is 4.74 Å². The van der Waals surface area contributed by atoms with Gasteiger partial charge in [0.25, 0.3) is 0 Å². The molecule has 1 unspecified atom stereocenters. The van der Waals surface area contributed by atoms with E-state index in [-0.39, 0.29) is 6.04 Å². The van der Waals surface area contributed by atoms with Gasteiger partial charge >= 0.3 is 0 Å². The Morgan fingerprint density at radius 3 is 2.56 bits per heavy atom. The highest BCUT2D eigenvalue weighted by Gasteiger charge is 2.14. The number of hydrogen-bond acceptors (Lipinski definition) is 3. The van der Waals surface area contributed by atoms with Gasteiger partial charge in [-0.25, -0.2) is 0 Å². The molecule has 2 aromatic rings. The molecule has 1 aromatic carbocycles. The van der Waals surface area contributed by atoms with Crippen molar-refractivity contribution in [2.24, 2.45) is 0 Å². The second kappa shape index (κ2) is 5.87. The topological polar surface area (TPSA) is 21.3 Å². The molecule has 0 spiro atoms. The molecule has 2 rings (SSSR count). The summed E-state index contributed by atoms with van der Waals surface area (Å²) in [5.74, 6) is 0.857. The normalized spacial score (nSPS) is 12.4. The summed E-state index contributed by atoms with van der Waals surface area (Å²) in [7, 11) is 3.66. The van der Waals surface area contributed by atoms with Crippen LogP contribution in [-0.2, 0) is 0 Å². The molecule has 1 heterocycles. The van der Waals surface area contributed by atoms with Crippen molar-refractivity contribution >= 4 is 27.3 Å². The Labute approximate surface area is 120 Å². The fourth-order valence-electron chi connectivity index (χ4n) is 2.00. The van der Waals surface area contributed by atoms with E-state index in [0.29, 0.717) is 0 Å². The minimum absolute atomic E-state index is 0.220. The maximum Gasteiger partial charge on any atom is 0.133 e. The molecule has 0 saturated carbocycles. The van der Waals surface area contributed by atoms with E-state index in [9.17, 15) is 0 Å². The quantitative estimate of drug-likeness (QED) is 0.912. The van der Waals surface area contributed by atoms with Crippen molar-refractivity contribution in [3.63, 3.8) is 0 Å². The number of nitrogens with one attached hydrogen (secondary N) is 1. The number of hydrogen-bond donors (Lipinski definition) is 1. The van der Waals surface area contributed by atoms with Gasteiger partial charge in [0.05, 0.1) is 17.6 Å². The summed E-state index contributed by atoms with van der Waals surface area (Å²) in [6.07, 6.45) is 0. The molecule has 1 atom stereocenters. The lowest BCUT2D eigenvalue weighted by Crippen LogP contribution is -2.16. The van der Waals surface area contributed by atoms with Crippen LogP contribution < -0.4 is 10.1 Å². The summed E-state index contributed by atoms with van der Waals surface area (Å²) in [4.78, 5) is 1.33. The van der Waals surface area contributed by atoms with Crippen molar-refractivity contribution in [1.29, 1.82) is 0 Å². The summed E-state index contributed by atoms with van der Waals surface area (Å²) in [5, 5.41) is 5.56. The number of methoxy groups -OCH3 is 1. The second-order valence-electron chi connectivity index (χ2n) is 4.11. The third-order valence-corrected chi connectivity index (χ3v) is 4.38. The van der Waals surface area contributed by atoms with E-state index in [2.05, 4.69) is 51.7 Å². The summed E-state index contributed by atoms with van der Waals surface area (Å²) in [6.45, 7) is 2.13. The van der Waals surface area contributed by atoms with Crippen molar-refractivity contribution in [1.82, 2.24) is 5.32 Å². The number of benzene rings is 1. The van der Waals surface area contributed by atoms with Gasteiger partial charge in [-0.2, -0.15) is 0 Å². The molecule has 4 heteroatoms. The minimum Gasteiger partial charge on any atom is -0.496 e. The van der Waals surface area contributed by atoms with Gasteiger partial charge < -0.3 is 10.1 Å². The molecule has 1 aromatic heterocycles. The summed E-state index contributed by atoms with van der Waals surface area (Å²) >= 11 is 5.31. The lowest BCUT2D eigenvalue weighted by Gasteiger charge is -2.16. The first-order chi connectivity index (χ1) is 8.65. The van der Waals surface area contributed by atoms with Gasteiger partial charge in [-0.15, -0.1) is 11.3 Å². The van der Waals surface area contributed by atoms with Crippen LogP contribution in [0.25, 0.3) is 0 Å². The SMILES string of the molecule is CNC(c1csc(C)c1)c1ccc(OC)c(Br)c1. The summed E-state index contributed by atoms with van der Waals surface area (Å²) in [6, 6.07) is 8.63. The van der Waals surface area contributed by atoms with Crippen LogP contribution in [-0.4, -0.2) is 14.2 Å². The third kappa shape index (κ3) is 2.76. The first kappa shape index (κ1) is 13.6. The van der Waals surface area contributed by atoms with Crippen LogP contribution in [0.2, 0.25) is 0 Å². The number of ether oxygens (including phenoxy) is 1. The first-order valence-electron chi connectivity index (χ1n) is 5.71. The van der Waals surface area contributed by atoms with Crippen molar-refractivity contribution in [2.45, 2.75) is 13.0 Å². The standard InChI is InChI=1S/C14H16BrNOS/c1-9-6-11(8-18-9)14(16-2)10-4-5-13(17-3)12(15)7-10/h4-8,14,16H,1-3H3. The predicted molar refractivity (Wildman–Crippen MR) is 80.7 cm³/mol. The van der Waals surface area contributed by atoms with Crippen molar-refractivity contribution in [3.05, 3.63) is 50.1 Å². The van der Waals surface area contributed by atoms with Gasteiger partial charge in [0, 0.05) is 4.88 Å². The molecular weight excluding hydrogens is 310 g/mol. The Bertz CT molecular complexity index is 538. The van der Waals surface area contributed by atoms with Crippen LogP contribution in [0.1, 0.15) is 22.0 Å². The van der Waals surface area contributed by atoms with Gasteiger partial charge in [0.15, 0.2) is 0 Å². The summed E-state index contributed by atoms with van der Waals surface area (Å²) in [5.41, 5.74) is 2.53. The molecule has 0 saturated heterocycles. The fraction of sp³-hybridized carbons (Fsp3) is 0.286. The zero-order valence-corrected chi connectivity index (χ0v) is 13.1. The number of rotatable bonds is 4. The Morgan fingerprint density at radius 1 is 1.28 bits per heavy atom. The third-order valence-electron chi connectivity index (χ3n) is 2.88. The average molecular weight is 326 g/mol. The molecule has 18 heavy (non-hydrogen) atoms. The molecule has 0 aliphatic carbocycles. The molecule has 0 aliphatic heterocycles. The zero-order chi connectivity index (χ0) is 13.1. The van der Waals surface area contributed by atoms with Gasteiger partial charge in [0.1, 0.15) is 5.75 Å². The number of halogens is 1. The van der Waals surface area contributed by atoms with Crippen molar-refractivity contribution < 1.29 is 4.74 Å². The predicted octanol–water partition coefficient (Wildman–Crippen LogP) is 4.14. The van der Waals surface area contributed by atoms with Crippen LogP contribution >= 0.6 is 27.3 Å². The number of thiophene rings is 1. The van der Waals surface area contributed by atoms with Gasteiger partial charge in [-0.1, -0.05) is 6.07 Å². The zero-order valence-electron chi connectivity index (χ0n) is 10.7. The molecule has 0 radical (unpaired) electrons. The van der Waals surface area contributed by atoms with Crippen LogP contribution in [0.3, 0.4) is 0 Å². The largest absolute Gasteiger partial charge is 0.496 e. The lowest BCUT2D eigenvalue weighted by molar-refractivity contribution is 0.412. The van der Waals surface area contributed by atoms with E-state index in [0.717, 1.165) is 10.2 Å². The minimum atomic E-state index is 0.220. The molecule has 1 N–H and O–H groups in total. The molecule has 0 fully saturated rings. The second-order valence-corrected chi connectivity index (χ2v) is 6.08. The Hall–Kier alpha value is -0.840. The maximum absolute atomic E-state index is 5.26. The van der Waals surface area contributed by atoms with E-state index in [1.165, 1.54) is 16.0 Å². The first-order valence-corrected chi connectivity index (χ1v) is 7.38. The highest BCUT2D eigenvalue weighted by Crippen LogP contribution is 2.31. The summed E-state index contributed by atoms with van der Waals surface area (Å²) < 4.78 is 6.24. The Morgan fingerprint density at radius 2 is 2.06 bits per heavy atom.